The highest BCUT2D eigenvalue weighted by atomic mass is 16.2. The van der Waals surface area contributed by atoms with Crippen LogP contribution in [-0.4, -0.2) is 11.7 Å². The highest BCUT2D eigenvalue weighted by Crippen LogP contribution is 2.02. The van der Waals surface area contributed by atoms with Gasteiger partial charge in [-0.3, -0.25) is 0 Å². The molecule has 0 aromatic rings. The molecule has 0 saturated heterocycles. The van der Waals surface area contributed by atoms with Crippen LogP contribution in [0.1, 0.15) is 26.7 Å². The van der Waals surface area contributed by atoms with Crippen LogP contribution in [0.2, 0.25) is 0 Å². The maximum atomic E-state index is 8.50. The van der Waals surface area contributed by atoms with Crippen molar-refractivity contribution in [2.24, 2.45) is 5.92 Å². The maximum absolute atomic E-state index is 8.50. The summed E-state index contributed by atoms with van der Waals surface area (Å²) in [6, 6.07) is 0. The van der Waals surface area contributed by atoms with E-state index < -0.39 is 0 Å². The Hall–Kier alpha value is -0.300. The standard InChI is InChI=1S/C8H16O/c1-3-4-5-8(2)6-7-9/h4-5,8-9H,3,6-7H2,1-2H3. The lowest BCUT2D eigenvalue weighted by Crippen LogP contribution is -1.92. The summed E-state index contributed by atoms with van der Waals surface area (Å²) in [6.45, 7) is 4.53. The van der Waals surface area contributed by atoms with Crippen molar-refractivity contribution in [1.82, 2.24) is 0 Å². The van der Waals surface area contributed by atoms with Crippen LogP contribution in [0, 0.1) is 5.92 Å². The zero-order valence-electron chi connectivity index (χ0n) is 6.30. The third-order valence-corrected chi connectivity index (χ3v) is 1.28. The number of hydrogen-bond donors (Lipinski definition) is 1. The predicted octanol–water partition coefficient (Wildman–Crippen LogP) is 1.97. The third kappa shape index (κ3) is 5.57. The Kier molecular flexibility index (Phi) is 5.64. The number of allylic oxidation sites excluding steroid dienone is 2. The van der Waals surface area contributed by atoms with E-state index in [0.717, 1.165) is 12.8 Å². The van der Waals surface area contributed by atoms with Crippen LogP contribution in [0.15, 0.2) is 12.2 Å². The second kappa shape index (κ2) is 5.83. The van der Waals surface area contributed by atoms with Gasteiger partial charge in [0.25, 0.3) is 0 Å². The SMILES string of the molecule is CCC=CC(C)CCO. The van der Waals surface area contributed by atoms with Gasteiger partial charge in [0, 0.05) is 6.61 Å². The molecule has 1 heteroatoms. The number of rotatable bonds is 4. The molecule has 1 atom stereocenters. The summed E-state index contributed by atoms with van der Waals surface area (Å²) in [4.78, 5) is 0. The molecule has 0 aliphatic carbocycles. The zero-order chi connectivity index (χ0) is 7.11. The van der Waals surface area contributed by atoms with E-state index in [-0.39, 0.29) is 0 Å². The molecule has 9 heavy (non-hydrogen) atoms. The average molecular weight is 128 g/mol. The molecule has 1 N–H and O–H groups in total. The molecule has 0 fully saturated rings. The van der Waals surface area contributed by atoms with Crippen LogP contribution in [0.4, 0.5) is 0 Å². The first kappa shape index (κ1) is 8.70. The lowest BCUT2D eigenvalue weighted by Gasteiger charge is -2.00. The van der Waals surface area contributed by atoms with Gasteiger partial charge in [0.05, 0.1) is 0 Å². The maximum Gasteiger partial charge on any atom is 0.0436 e. The lowest BCUT2D eigenvalue weighted by atomic mass is 10.1. The van der Waals surface area contributed by atoms with Crippen LogP contribution >= 0.6 is 0 Å². The fraction of sp³-hybridized carbons (Fsp3) is 0.750. The Bertz CT molecular complexity index is 76.6. The normalized spacial score (nSPS) is 14.6. The smallest absolute Gasteiger partial charge is 0.0436 e. The highest BCUT2D eigenvalue weighted by molar-refractivity contribution is 4.84. The number of hydrogen-bond acceptors (Lipinski definition) is 1. The molecular formula is C8H16O. The highest BCUT2D eigenvalue weighted by Gasteiger charge is 1.92. The van der Waals surface area contributed by atoms with Gasteiger partial charge in [-0.25, -0.2) is 0 Å². The van der Waals surface area contributed by atoms with Gasteiger partial charge >= 0.3 is 0 Å². The molecule has 0 radical (unpaired) electrons. The zero-order valence-corrected chi connectivity index (χ0v) is 6.30. The minimum Gasteiger partial charge on any atom is -0.396 e. The van der Waals surface area contributed by atoms with E-state index in [2.05, 4.69) is 26.0 Å². The average Bonchev–Trinajstić information content (AvgIpc) is 1.85. The van der Waals surface area contributed by atoms with E-state index >= 15 is 0 Å². The number of aliphatic hydroxyl groups is 1. The van der Waals surface area contributed by atoms with Crippen molar-refractivity contribution >= 4 is 0 Å². The molecule has 0 aliphatic rings. The lowest BCUT2D eigenvalue weighted by molar-refractivity contribution is 0.274. The summed E-state index contributed by atoms with van der Waals surface area (Å²) >= 11 is 0. The van der Waals surface area contributed by atoms with E-state index in [0.29, 0.717) is 12.5 Å². The molecular weight excluding hydrogens is 112 g/mol. The Balaban J connectivity index is 3.25. The van der Waals surface area contributed by atoms with Crippen molar-refractivity contribution in [3.63, 3.8) is 0 Å². The quantitative estimate of drug-likeness (QED) is 0.574. The molecule has 0 aromatic heterocycles. The molecule has 54 valence electrons. The molecule has 1 nitrogen and oxygen atoms in total. The Morgan fingerprint density at radius 1 is 1.56 bits per heavy atom. The van der Waals surface area contributed by atoms with Gasteiger partial charge in [0.15, 0.2) is 0 Å². The molecule has 0 rings (SSSR count). The second-order valence-corrected chi connectivity index (χ2v) is 2.33. The van der Waals surface area contributed by atoms with Gasteiger partial charge in [-0.15, -0.1) is 0 Å². The van der Waals surface area contributed by atoms with Crippen LogP contribution in [0.3, 0.4) is 0 Å². The van der Waals surface area contributed by atoms with Crippen molar-refractivity contribution < 1.29 is 5.11 Å². The Labute approximate surface area is 57.4 Å². The fourth-order valence-electron chi connectivity index (χ4n) is 0.668. The summed E-state index contributed by atoms with van der Waals surface area (Å²) in [5, 5.41) is 8.50. The summed E-state index contributed by atoms with van der Waals surface area (Å²) in [7, 11) is 0. The van der Waals surface area contributed by atoms with E-state index in [9.17, 15) is 0 Å². The Morgan fingerprint density at radius 2 is 2.22 bits per heavy atom. The van der Waals surface area contributed by atoms with Crippen molar-refractivity contribution in [3.05, 3.63) is 12.2 Å². The topological polar surface area (TPSA) is 20.2 Å². The van der Waals surface area contributed by atoms with Gasteiger partial charge in [-0.1, -0.05) is 26.0 Å². The number of aliphatic hydroxyl groups excluding tert-OH is 1. The van der Waals surface area contributed by atoms with Crippen molar-refractivity contribution in [2.45, 2.75) is 26.7 Å². The molecule has 0 spiro atoms. The van der Waals surface area contributed by atoms with Gasteiger partial charge in [0.2, 0.25) is 0 Å². The predicted molar refractivity (Wildman–Crippen MR) is 40.3 cm³/mol. The second-order valence-electron chi connectivity index (χ2n) is 2.33. The van der Waals surface area contributed by atoms with E-state index in [1.165, 1.54) is 0 Å². The molecule has 1 unspecified atom stereocenters. The third-order valence-electron chi connectivity index (χ3n) is 1.28. The first-order valence-electron chi connectivity index (χ1n) is 3.58. The Morgan fingerprint density at radius 3 is 2.67 bits per heavy atom. The van der Waals surface area contributed by atoms with Crippen molar-refractivity contribution in [3.8, 4) is 0 Å². The minimum atomic E-state index is 0.301. The van der Waals surface area contributed by atoms with Gasteiger partial charge in [-0.2, -0.15) is 0 Å². The van der Waals surface area contributed by atoms with Gasteiger partial charge in [-0.05, 0) is 18.8 Å². The first-order chi connectivity index (χ1) is 4.31. The fourth-order valence-corrected chi connectivity index (χ4v) is 0.668. The largest absolute Gasteiger partial charge is 0.396 e. The molecule has 0 bridgehead atoms. The van der Waals surface area contributed by atoms with E-state index in [1.54, 1.807) is 0 Å². The van der Waals surface area contributed by atoms with Crippen LogP contribution in [-0.2, 0) is 0 Å². The minimum absolute atomic E-state index is 0.301. The van der Waals surface area contributed by atoms with Crippen LogP contribution in [0.5, 0.6) is 0 Å². The molecule has 0 saturated carbocycles. The molecule has 0 aliphatic heterocycles. The van der Waals surface area contributed by atoms with Crippen LogP contribution in [0.25, 0.3) is 0 Å². The molecule has 0 amide bonds. The van der Waals surface area contributed by atoms with E-state index in [4.69, 9.17) is 5.11 Å². The monoisotopic (exact) mass is 128 g/mol. The summed E-state index contributed by atoms with van der Waals surface area (Å²) in [5.74, 6) is 0.537. The molecule has 0 aromatic carbocycles. The van der Waals surface area contributed by atoms with E-state index in [1.807, 2.05) is 0 Å². The summed E-state index contributed by atoms with van der Waals surface area (Å²) in [5.41, 5.74) is 0. The summed E-state index contributed by atoms with van der Waals surface area (Å²) in [6.07, 6.45) is 6.27. The van der Waals surface area contributed by atoms with Crippen LogP contribution < -0.4 is 0 Å². The summed E-state index contributed by atoms with van der Waals surface area (Å²) < 4.78 is 0. The van der Waals surface area contributed by atoms with Gasteiger partial charge < -0.3 is 5.11 Å². The van der Waals surface area contributed by atoms with Gasteiger partial charge in [0.1, 0.15) is 0 Å². The van der Waals surface area contributed by atoms with Crippen molar-refractivity contribution in [1.29, 1.82) is 0 Å². The molecule has 0 heterocycles. The first-order valence-corrected chi connectivity index (χ1v) is 3.58. The van der Waals surface area contributed by atoms with Crippen molar-refractivity contribution in [2.75, 3.05) is 6.61 Å².